The van der Waals surface area contributed by atoms with Gasteiger partial charge in [-0.05, 0) is 19.1 Å². The quantitative estimate of drug-likeness (QED) is 0.672. The molecule has 0 fully saturated rings. The number of aromatic nitrogens is 3. The molecule has 100 valence electrons. The summed E-state index contributed by atoms with van der Waals surface area (Å²) in [5.74, 6) is 0.705. The van der Waals surface area contributed by atoms with Crippen molar-refractivity contribution in [2.24, 2.45) is 0 Å². The van der Waals surface area contributed by atoms with Crippen LogP contribution in [0.2, 0.25) is 5.02 Å². The maximum atomic E-state index is 10.9. The van der Waals surface area contributed by atoms with Gasteiger partial charge in [0.1, 0.15) is 12.0 Å². The van der Waals surface area contributed by atoms with E-state index in [1.54, 1.807) is 6.33 Å². The van der Waals surface area contributed by atoms with Crippen LogP contribution in [0.1, 0.15) is 12.7 Å². The summed E-state index contributed by atoms with van der Waals surface area (Å²) in [5, 5.41) is 22.0. The minimum Gasteiger partial charge on any atom is -0.372 e. The molecule has 19 heavy (non-hydrogen) atoms. The number of aryl methyl sites for hydroxylation is 1. The fourth-order valence-corrected chi connectivity index (χ4v) is 1.84. The lowest BCUT2D eigenvalue weighted by molar-refractivity contribution is -0.384. The summed E-state index contributed by atoms with van der Waals surface area (Å²) in [6, 6.07) is 4.38. The van der Waals surface area contributed by atoms with Crippen LogP contribution >= 0.6 is 11.6 Å². The molecule has 2 rings (SSSR count). The first-order valence-corrected chi connectivity index (χ1v) is 6.04. The summed E-state index contributed by atoms with van der Waals surface area (Å²) in [7, 11) is 0. The highest BCUT2D eigenvalue weighted by molar-refractivity contribution is 6.31. The van der Waals surface area contributed by atoms with Crippen LogP contribution < -0.4 is 5.32 Å². The van der Waals surface area contributed by atoms with E-state index in [9.17, 15) is 10.1 Å². The molecular weight excluding hydrogens is 270 g/mol. The Labute approximate surface area is 114 Å². The minimum absolute atomic E-state index is 0.0213. The van der Waals surface area contributed by atoms with Crippen LogP contribution in [0.25, 0.3) is 0 Å². The first-order valence-electron chi connectivity index (χ1n) is 5.66. The molecule has 1 aromatic heterocycles. The van der Waals surface area contributed by atoms with Gasteiger partial charge in [0, 0.05) is 17.6 Å². The van der Waals surface area contributed by atoms with Crippen molar-refractivity contribution >= 4 is 23.0 Å². The SMILES string of the molecule is CCn1cnnc1CNc1cc(Cl)ccc1[N+](=O)[O-]. The maximum absolute atomic E-state index is 10.9. The van der Waals surface area contributed by atoms with Gasteiger partial charge in [0.25, 0.3) is 5.69 Å². The third-order valence-corrected chi connectivity index (χ3v) is 2.86. The van der Waals surface area contributed by atoms with Gasteiger partial charge in [-0.25, -0.2) is 0 Å². The average Bonchev–Trinajstić information content (AvgIpc) is 2.83. The summed E-state index contributed by atoms with van der Waals surface area (Å²) >= 11 is 5.84. The Kier molecular flexibility index (Phi) is 3.96. The van der Waals surface area contributed by atoms with E-state index in [-0.39, 0.29) is 5.69 Å². The number of nitro benzene ring substituents is 1. The highest BCUT2D eigenvalue weighted by atomic mass is 35.5. The van der Waals surface area contributed by atoms with E-state index in [1.165, 1.54) is 18.2 Å². The summed E-state index contributed by atoms with van der Waals surface area (Å²) in [6.45, 7) is 3.05. The Balaban J connectivity index is 2.19. The Morgan fingerprint density at radius 2 is 2.32 bits per heavy atom. The first-order chi connectivity index (χ1) is 9.11. The van der Waals surface area contributed by atoms with Crippen LogP contribution in [0.5, 0.6) is 0 Å². The lowest BCUT2D eigenvalue weighted by Crippen LogP contribution is -2.08. The second kappa shape index (κ2) is 5.66. The average molecular weight is 282 g/mol. The molecule has 1 N–H and O–H groups in total. The van der Waals surface area contributed by atoms with Gasteiger partial charge < -0.3 is 9.88 Å². The number of nitrogens with one attached hydrogen (secondary N) is 1. The summed E-state index contributed by atoms with van der Waals surface area (Å²) in [5.41, 5.74) is 0.343. The molecule has 2 aromatic rings. The molecule has 1 heterocycles. The van der Waals surface area contributed by atoms with Crippen LogP contribution in [0.15, 0.2) is 24.5 Å². The molecule has 0 aliphatic carbocycles. The third kappa shape index (κ3) is 3.00. The molecule has 0 spiro atoms. The van der Waals surface area contributed by atoms with E-state index >= 15 is 0 Å². The van der Waals surface area contributed by atoms with Crippen molar-refractivity contribution in [2.75, 3.05) is 5.32 Å². The van der Waals surface area contributed by atoms with Crippen LogP contribution in [0, 0.1) is 10.1 Å². The number of hydrogen-bond acceptors (Lipinski definition) is 5. The number of benzene rings is 1. The van der Waals surface area contributed by atoms with Gasteiger partial charge in [-0.1, -0.05) is 11.6 Å². The molecule has 0 saturated carbocycles. The molecule has 0 amide bonds. The third-order valence-electron chi connectivity index (χ3n) is 2.63. The second-order valence-electron chi connectivity index (χ2n) is 3.81. The molecule has 0 aliphatic heterocycles. The molecule has 0 atom stereocenters. The van der Waals surface area contributed by atoms with Crippen molar-refractivity contribution in [2.45, 2.75) is 20.0 Å². The first kappa shape index (κ1) is 13.3. The molecule has 1 aromatic carbocycles. The smallest absolute Gasteiger partial charge is 0.292 e. The molecule has 0 aliphatic rings. The van der Waals surface area contributed by atoms with Gasteiger partial charge in [0.2, 0.25) is 0 Å². The van der Waals surface area contributed by atoms with Gasteiger partial charge >= 0.3 is 0 Å². The number of hydrogen-bond donors (Lipinski definition) is 1. The Morgan fingerprint density at radius 3 is 3.00 bits per heavy atom. The Morgan fingerprint density at radius 1 is 1.53 bits per heavy atom. The van der Waals surface area contributed by atoms with Crippen molar-refractivity contribution in [3.8, 4) is 0 Å². The monoisotopic (exact) mass is 281 g/mol. The number of halogens is 1. The largest absolute Gasteiger partial charge is 0.372 e. The number of nitrogens with zero attached hydrogens (tertiary/aromatic N) is 4. The molecule has 0 unspecified atom stereocenters. The van der Waals surface area contributed by atoms with Gasteiger partial charge in [0.05, 0.1) is 11.5 Å². The van der Waals surface area contributed by atoms with E-state index in [0.29, 0.717) is 23.1 Å². The molecule has 0 bridgehead atoms. The molecular formula is C11H12ClN5O2. The van der Waals surface area contributed by atoms with E-state index in [2.05, 4.69) is 15.5 Å². The lowest BCUT2D eigenvalue weighted by Gasteiger charge is -2.07. The van der Waals surface area contributed by atoms with Crippen LogP contribution in [0.3, 0.4) is 0 Å². The minimum atomic E-state index is -0.455. The number of rotatable bonds is 5. The van der Waals surface area contributed by atoms with Crippen LogP contribution in [-0.4, -0.2) is 19.7 Å². The van der Waals surface area contributed by atoms with Gasteiger partial charge in [0.15, 0.2) is 5.82 Å². The van der Waals surface area contributed by atoms with Crippen LogP contribution in [-0.2, 0) is 13.1 Å². The highest BCUT2D eigenvalue weighted by Gasteiger charge is 2.14. The molecule has 8 heteroatoms. The summed E-state index contributed by atoms with van der Waals surface area (Å²) in [4.78, 5) is 10.5. The zero-order chi connectivity index (χ0) is 13.8. The van der Waals surface area contributed by atoms with E-state index < -0.39 is 4.92 Å². The normalized spacial score (nSPS) is 10.4. The summed E-state index contributed by atoms with van der Waals surface area (Å²) in [6.07, 6.45) is 1.61. The van der Waals surface area contributed by atoms with Crippen molar-refractivity contribution in [1.82, 2.24) is 14.8 Å². The number of nitro groups is 1. The van der Waals surface area contributed by atoms with Gasteiger partial charge in [-0.3, -0.25) is 10.1 Å². The van der Waals surface area contributed by atoms with E-state index in [1.807, 2.05) is 11.5 Å². The lowest BCUT2D eigenvalue weighted by atomic mass is 10.2. The molecule has 0 radical (unpaired) electrons. The van der Waals surface area contributed by atoms with Crippen molar-refractivity contribution < 1.29 is 4.92 Å². The predicted octanol–water partition coefficient (Wildman–Crippen LogP) is 2.47. The van der Waals surface area contributed by atoms with Gasteiger partial charge in [-0.2, -0.15) is 0 Å². The second-order valence-corrected chi connectivity index (χ2v) is 4.24. The zero-order valence-corrected chi connectivity index (χ0v) is 11.0. The zero-order valence-electron chi connectivity index (χ0n) is 10.2. The molecule has 7 nitrogen and oxygen atoms in total. The van der Waals surface area contributed by atoms with E-state index in [4.69, 9.17) is 11.6 Å². The maximum Gasteiger partial charge on any atom is 0.292 e. The fourth-order valence-electron chi connectivity index (χ4n) is 1.66. The topological polar surface area (TPSA) is 85.9 Å². The van der Waals surface area contributed by atoms with Crippen molar-refractivity contribution in [3.05, 3.63) is 45.5 Å². The highest BCUT2D eigenvalue weighted by Crippen LogP contribution is 2.27. The predicted molar refractivity (Wildman–Crippen MR) is 71.1 cm³/mol. The van der Waals surface area contributed by atoms with E-state index in [0.717, 1.165) is 6.54 Å². The Bertz CT molecular complexity index is 599. The summed E-state index contributed by atoms with van der Waals surface area (Å²) < 4.78 is 1.85. The Hall–Kier alpha value is -2.15. The fraction of sp³-hybridized carbons (Fsp3) is 0.273. The van der Waals surface area contributed by atoms with Crippen molar-refractivity contribution in [1.29, 1.82) is 0 Å². The van der Waals surface area contributed by atoms with Crippen molar-refractivity contribution in [3.63, 3.8) is 0 Å². The standard InChI is InChI=1S/C11H12ClN5O2/c1-2-16-7-14-15-11(16)6-13-9-5-8(12)3-4-10(9)17(18)19/h3-5,7,13H,2,6H2,1H3. The molecule has 0 saturated heterocycles. The van der Waals surface area contributed by atoms with Crippen LogP contribution in [0.4, 0.5) is 11.4 Å². The van der Waals surface area contributed by atoms with Gasteiger partial charge in [-0.15, -0.1) is 10.2 Å². The number of anilines is 1.